The Balaban J connectivity index is 3.26. The largest absolute Gasteiger partial charge is 0.573 e. The van der Waals surface area contributed by atoms with Crippen LogP contribution in [-0.2, 0) is 0 Å². The molecular formula is C7HBrClF3N2O. The molecule has 0 amide bonds. The molecule has 1 aromatic rings. The fraction of sp³-hybridized carbons (Fsp3) is 0.143. The van der Waals surface area contributed by atoms with E-state index in [2.05, 4.69) is 25.7 Å². The molecule has 0 aliphatic carbocycles. The molecule has 0 atom stereocenters. The molecule has 8 heteroatoms. The number of hydrogen-bond donors (Lipinski definition) is 0. The summed E-state index contributed by atoms with van der Waals surface area (Å²) in [5, 5.41) is 8.31. The van der Waals surface area contributed by atoms with Gasteiger partial charge in [-0.3, -0.25) is 0 Å². The van der Waals surface area contributed by atoms with Crippen LogP contribution in [0, 0.1) is 11.3 Å². The summed E-state index contributed by atoms with van der Waals surface area (Å²) in [6.07, 6.45) is -3.99. The molecule has 1 heterocycles. The Bertz CT molecular complexity index is 429. The Morgan fingerprint density at radius 3 is 2.60 bits per heavy atom. The second-order valence-electron chi connectivity index (χ2n) is 2.27. The highest BCUT2D eigenvalue weighted by Crippen LogP contribution is 2.36. The molecule has 0 aliphatic heterocycles. The predicted molar refractivity (Wildman–Crippen MR) is 48.3 cm³/mol. The average Bonchev–Trinajstić information content (AvgIpc) is 2.11. The van der Waals surface area contributed by atoms with Crippen LogP contribution < -0.4 is 4.74 Å². The maximum Gasteiger partial charge on any atom is 0.573 e. The monoisotopic (exact) mass is 300 g/mol. The summed E-state index contributed by atoms with van der Waals surface area (Å²) >= 11 is 8.21. The van der Waals surface area contributed by atoms with E-state index in [1.165, 1.54) is 6.07 Å². The second-order valence-corrected chi connectivity index (χ2v) is 3.42. The highest BCUT2D eigenvalue weighted by molar-refractivity contribution is 9.10. The lowest BCUT2D eigenvalue weighted by Gasteiger charge is -2.11. The normalized spacial score (nSPS) is 10.9. The number of hydrogen-bond acceptors (Lipinski definition) is 3. The summed E-state index contributed by atoms with van der Waals surface area (Å²) in [7, 11) is 0. The molecule has 80 valence electrons. The van der Waals surface area contributed by atoms with Gasteiger partial charge in [0.05, 0.1) is 10.7 Å². The quantitative estimate of drug-likeness (QED) is 0.748. The van der Waals surface area contributed by atoms with Crippen molar-refractivity contribution in [3.63, 3.8) is 0 Å². The summed E-state index contributed by atoms with van der Waals surface area (Å²) in [4.78, 5) is 3.49. The summed E-state index contributed by atoms with van der Waals surface area (Å²) < 4.78 is 39.3. The Morgan fingerprint density at radius 2 is 2.13 bits per heavy atom. The lowest BCUT2D eigenvalue weighted by atomic mass is 10.3. The van der Waals surface area contributed by atoms with Gasteiger partial charge in [0, 0.05) is 0 Å². The number of halogens is 5. The van der Waals surface area contributed by atoms with Crippen molar-refractivity contribution in [2.45, 2.75) is 6.36 Å². The predicted octanol–water partition coefficient (Wildman–Crippen LogP) is 3.27. The van der Waals surface area contributed by atoms with E-state index >= 15 is 0 Å². The van der Waals surface area contributed by atoms with E-state index in [-0.39, 0.29) is 15.2 Å². The van der Waals surface area contributed by atoms with Crippen LogP contribution in [0.3, 0.4) is 0 Å². The summed E-state index contributed by atoms with van der Waals surface area (Å²) in [5.74, 6) is -0.690. The van der Waals surface area contributed by atoms with Crippen LogP contribution in [0.1, 0.15) is 5.56 Å². The van der Waals surface area contributed by atoms with Crippen molar-refractivity contribution in [3.8, 4) is 11.8 Å². The maximum atomic E-state index is 12.0. The zero-order valence-electron chi connectivity index (χ0n) is 6.77. The molecule has 3 nitrogen and oxygen atoms in total. The van der Waals surface area contributed by atoms with Crippen molar-refractivity contribution in [3.05, 3.63) is 21.4 Å². The first-order valence-electron chi connectivity index (χ1n) is 3.35. The average molecular weight is 301 g/mol. The Hall–Kier alpha value is -1.00. The molecule has 1 rings (SSSR count). The van der Waals surface area contributed by atoms with Gasteiger partial charge in [-0.05, 0) is 15.9 Å². The molecule has 0 saturated heterocycles. The van der Waals surface area contributed by atoms with Crippen molar-refractivity contribution in [1.29, 1.82) is 5.26 Å². The molecular weight excluding hydrogens is 300 g/mol. The van der Waals surface area contributed by atoms with Crippen LogP contribution in [0.15, 0.2) is 10.7 Å². The van der Waals surface area contributed by atoms with E-state index < -0.39 is 12.1 Å². The van der Waals surface area contributed by atoms with Crippen molar-refractivity contribution in [2.24, 2.45) is 0 Å². The summed E-state index contributed by atoms with van der Waals surface area (Å²) in [5.41, 5.74) is -0.358. The minimum Gasteiger partial charge on any atom is -0.403 e. The minimum atomic E-state index is -4.89. The zero-order chi connectivity index (χ0) is 11.6. The number of alkyl halides is 3. The Kier molecular flexibility index (Phi) is 3.42. The molecule has 0 fully saturated rings. The first kappa shape index (κ1) is 12.1. The minimum absolute atomic E-state index is 0.208. The molecule has 1 aromatic heterocycles. The Labute approximate surface area is 95.6 Å². The van der Waals surface area contributed by atoms with Gasteiger partial charge >= 0.3 is 6.36 Å². The molecule has 0 radical (unpaired) electrons. The number of pyridine rings is 1. The standard InChI is InChI=1S/C7HBrClF3N2O/c8-4-5(15-7(10,11)12)3(1-13)2-14-6(4)9/h2H. The zero-order valence-corrected chi connectivity index (χ0v) is 9.11. The van der Waals surface area contributed by atoms with Crippen LogP contribution in [0.25, 0.3) is 0 Å². The lowest BCUT2D eigenvalue weighted by molar-refractivity contribution is -0.275. The van der Waals surface area contributed by atoms with Gasteiger partial charge in [-0.2, -0.15) is 5.26 Å². The van der Waals surface area contributed by atoms with Gasteiger partial charge in [0.25, 0.3) is 0 Å². The van der Waals surface area contributed by atoms with E-state index in [4.69, 9.17) is 16.9 Å². The number of ether oxygens (including phenoxy) is 1. The fourth-order valence-electron chi connectivity index (χ4n) is 0.744. The van der Waals surface area contributed by atoms with Crippen LogP contribution in [0.5, 0.6) is 5.75 Å². The van der Waals surface area contributed by atoms with E-state index in [0.717, 1.165) is 6.20 Å². The van der Waals surface area contributed by atoms with E-state index in [1.807, 2.05) is 0 Å². The fourth-order valence-corrected chi connectivity index (χ4v) is 1.28. The van der Waals surface area contributed by atoms with Crippen LogP contribution in [-0.4, -0.2) is 11.3 Å². The number of nitrogens with zero attached hydrogens (tertiary/aromatic N) is 2. The first-order valence-corrected chi connectivity index (χ1v) is 4.52. The van der Waals surface area contributed by atoms with Gasteiger partial charge in [-0.25, -0.2) is 4.98 Å². The maximum absolute atomic E-state index is 12.0. The second kappa shape index (κ2) is 4.24. The summed E-state index contributed by atoms with van der Waals surface area (Å²) in [6, 6.07) is 1.51. The third-order valence-corrected chi connectivity index (χ3v) is 2.52. The van der Waals surface area contributed by atoms with Crippen molar-refractivity contribution >= 4 is 27.5 Å². The highest BCUT2D eigenvalue weighted by atomic mass is 79.9. The molecule has 0 aromatic carbocycles. The molecule has 0 aliphatic rings. The third kappa shape index (κ3) is 2.97. The van der Waals surface area contributed by atoms with Crippen LogP contribution in [0.2, 0.25) is 5.15 Å². The van der Waals surface area contributed by atoms with Crippen molar-refractivity contribution in [2.75, 3.05) is 0 Å². The van der Waals surface area contributed by atoms with Gasteiger partial charge in [0.2, 0.25) is 0 Å². The Morgan fingerprint density at radius 1 is 1.53 bits per heavy atom. The van der Waals surface area contributed by atoms with Gasteiger partial charge in [0.15, 0.2) is 5.75 Å². The van der Waals surface area contributed by atoms with Gasteiger partial charge < -0.3 is 4.74 Å². The molecule has 0 unspecified atom stereocenters. The first-order chi connectivity index (χ1) is 6.85. The van der Waals surface area contributed by atoms with E-state index in [0.29, 0.717) is 0 Å². The van der Waals surface area contributed by atoms with Gasteiger partial charge in [-0.15, -0.1) is 13.2 Å². The van der Waals surface area contributed by atoms with Crippen molar-refractivity contribution < 1.29 is 17.9 Å². The third-order valence-electron chi connectivity index (χ3n) is 1.27. The number of nitriles is 1. The van der Waals surface area contributed by atoms with Crippen LogP contribution in [0.4, 0.5) is 13.2 Å². The molecule has 0 saturated carbocycles. The van der Waals surface area contributed by atoms with Crippen molar-refractivity contribution in [1.82, 2.24) is 4.98 Å². The van der Waals surface area contributed by atoms with Crippen LogP contribution >= 0.6 is 27.5 Å². The van der Waals surface area contributed by atoms with Gasteiger partial charge in [-0.1, -0.05) is 11.6 Å². The molecule has 0 spiro atoms. The topological polar surface area (TPSA) is 45.9 Å². The number of aromatic nitrogens is 1. The van der Waals surface area contributed by atoms with Gasteiger partial charge in [0.1, 0.15) is 16.8 Å². The smallest absolute Gasteiger partial charge is 0.403 e. The summed E-state index contributed by atoms with van der Waals surface area (Å²) in [6.45, 7) is 0. The SMILES string of the molecule is N#Cc1cnc(Cl)c(Br)c1OC(F)(F)F. The number of rotatable bonds is 1. The molecule has 0 bridgehead atoms. The molecule has 15 heavy (non-hydrogen) atoms. The van der Waals surface area contributed by atoms with E-state index in [1.54, 1.807) is 0 Å². The highest BCUT2D eigenvalue weighted by Gasteiger charge is 2.33. The lowest BCUT2D eigenvalue weighted by Crippen LogP contribution is -2.18. The molecule has 0 N–H and O–H groups in total. The van der Waals surface area contributed by atoms with E-state index in [9.17, 15) is 13.2 Å².